The van der Waals surface area contributed by atoms with E-state index in [1.807, 2.05) is 0 Å². The minimum absolute atomic E-state index is 0.101. The highest BCUT2D eigenvalue weighted by molar-refractivity contribution is 7.47. The van der Waals surface area contributed by atoms with E-state index < -0.39 is 97.5 Å². The van der Waals surface area contributed by atoms with Crippen molar-refractivity contribution >= 4 is 39.5 Å². The molecule has 0 bridgehead atoms. The summed E-state index contributed by atoms with van der Waals surface area (Å²) >= 11 is 0. The molecule has 17 nitrogen and oxygen atoms in total. The molecular formula is C74H144O17P2. The summed E-state index contributed by atoms with van der Waals surface area (Å²) in [6.45, 7) is 14.1. The summed E-state index contributed by atoms with van der Waals surface area (Å²) < 4.78 is 68.3. The number of aliphatic hydroxyl groups is 1. The number of carbonyl (C=O) groups is 4. The molecule has 0 aliphatic heterocycles. The van der Waals surface area contributed by atoms with Gasteiger partial charge >= 0.3 is 39.5 Å². The summed E-state index contributed by atoms with van der Waals surface area (Å²) in [5.41, 5.74) is 0. The summed E-state index contributed by atoms with van der Waals surface area (Å²) in [5, 5.41) is 10.6. The zero-order valence-corrected chi connectivity index (χ0v) is 62.7. The molecule has 0 amide bonds. The van der Waals surface area contributed by atoms with Crippen LogP contribution in [0.5, 0.6) is 0 Å². The Morgan fingerprint density at radius 1 is 0.269 bits per heavy atom. The van der Waals surface area contributed by atoms with Crippen LogP contribution < -0.4 is 0 Å². The van der Waals surface area contributed by atoms with Gasteiger partial charge in [0, 0.05) is 25.7 Å². The number of phosphoric ester groups is 2. The molecule has 0 aromatic rings. The van der Waals surface area contributed by atoms with Crippen LogP contribution in [-0.2, 0) is 65.4 Å². The van der Waals surface area contributed by atoms with E-state index in [1.54, 1.807) is 0 Å². The van der Waals surface area contributed by atoms with Gasteiger partial charge in [-0.15, -0.1) is 0 Å². The van der Waals surface area contributed by atoms with Gasteiger partial charge in [0.05, 0.1) is 26.4 Å². The van der Waals surface area contributed by atoms with Gasteiger partial charge in [-0.25, -0.2) is 9.13 Å². The number of hydrogen-bond donors (Lipinski definition) is 3. The van der Waals surface area contributed by atoms with Crippen molar-refractivity contribution in [3.8, 4) is 0 Å². The second kappa shape index (κ2) is 63.5. The third-order valence-corrected chi connectivity index (χ3v) is 19.0. The Morgan fingerprint density at radius 3 is 0.667 bits per heavy atom. The molecule has 0 aliphatic carbocycles. The van der Waals surface area contributed by atoms with Crippen LogP contribution in [-0.4, -0.2) is 96.7 Å². The molecule has 0 saturated heterocycles. The van der Waals surface area contributed by atoms with Crippen molar-refractivity contribution in [3.63, 3.8) is 0 Å². The molecule has 0 fully saturated rings. The highest BCUT2D eigenvalue weighted by Gasteiger charge is 2.30. The maximum absolute atomic E-state index is 13.1. The van der Waals surface area contributed by atoms with Gasteiger partial charge in [0.25, 0.3) is 0 Å². The highest BCUT2D eigenvalue weighted by atomic mass is 31.2. The Balaban J connectivity index is 5.18. The van der Waals surface area contributed by atoms with Gasteiger partial charge in [-0.2, -0.15) is 0 Å². The van der Waals surface area contributed by atoms with E-state index in [9.17, 15) is 43.2 Å². The summed E-state index contributed by atoms with van der Waals surface area (Å²) in [6, 6.07) is 0. The second-order valence-electron chi connectivity index (χ2n) is 28.6. The number of carbonyl (C=O) groups excluding carboxylic acids is 4. The van der Waals surface area contributed by atoms with Gasteiger partial charge in [-0.05, 0) is 49.4 Å². The largest absolute Gasteiger partial charge is 0.472 e. The zero-order chi connectivity index (χ0) is 68.9. The summed E-state index contributed by atoms with van der Waals surface area (Å²) in [6.07, 6.45) is 47.6. The predicted octanol–water partition coefficient (Wildman–Crippen LogP) is 21.3. The Hall–Kier alpha value is -1.94. The average Bonchev–Trinajstić information content (AvgIpc) is 3.58. The lowest BCUT2D eigenvalue weighted by atomic mass is 10.0. The molecule has 0 radical (unpaired) electrons. The first-order chi connectivity index (χ1) is 44.6. The number of aliphatic hydroxyl groups excluding tert-OH is 1. The number of phosphoric acid groups is 2. The van der Waals surface area contributed by atoms with Crippen molar-refractivity contribution in [2.45, 2.75) is 388 Å². The van der Waals surface area contributed by atoms with Gasteiger partial charge in [0.2, 0.25) is 0 Å². The van der Waals surface area contributed by atoms with Gasteiger partial charge in [-0.3, -0.25) is 37.3 Å². The molecule has 0 heterocycles. The van der Waals surface area contributed by atoms with Crippen LogP contribution in [0.2, 0.25) is 0 Å². The van der Waals surface area contributed by atoms with Crippen LogP contribution in [0.15, 0.2) is 0 Å². The fourth-order valence-electron chi connectivity index (χ4n) is 11.2. The SMILES string of the molecule is CC(C)CCCCCCCCCCCCCCCCCCCCC(=O)O[C@H](COC(=O)CCCCCCCCCCCCC(C)C)COP(=O)(O)OCC(O)COP(=O)(O)OC[C@@H](COC(=O)CCCCCCCCCC(C)C)OC(=O)CCCCCCCCC(C)C. The van der Waals surface area contributed by atoms with Gasteiger partial charge in [0.15, 0.2) is 12.2 Å². The molecule has 3 N–H and O–H groups in total. The first-order valence-electron chi connectivity index (χ1n) is 38.2. The molecule has 19 heteroatoms. The van der Waals surface area contributed by atoms with Crippen LogP contribution in [0.25, 0.3) is 0 Å². The molecule has 0 aromatic carbocycles. The second-order valence-corrected chi connectivity index (χ2v) is 31.5. The average molecular weight is 1370 g/mol. The number of rotatable bonds is 71. The van der Waals surface area contributed by atoms with Crippen molar-refractivity contribution < 1.29 is 80.2 Å². The standard InChI is InChI=1S/C74H144O17P2/c1-64(2)50-42-34-26-21-17-15-13-11-9-10-12-14-16-18-24-30-40-48-56-73(78)90-69(60-84-71(76)54-46-38-29-23-20-19-22-27-35-43-51-65(3)4)62-88-92(80,81)86-58-68(75)59-87-93(82,83)89-63-70(91-74(79)57-49-41-33-32-37-45-53-67(7)8)61-85-72(77)55-47-39-31-25-28-36-44-52-66(5)6/h64-70,75H,9-63H2,1-8H3,(H,80,81)(H,82,83)/t68?,69-,70-/m1/s1. The van der Waals surface area contributed by atoms with Crippen LogP contribution in [0.1, 0.15) is 370 Å². The number of esters is 4. The molecule has 0 saturated carbocycles. The molecular weight excluding hydrogens is 1220 g/mol. The fraction of sp³-hybridized carbons (Fsp3) is 0.946. The summed E-state index contributed by atoms with van der Waals surface area (Å²) in [4.78, 5) is 72.6. The molecule has 3 unspecified atom stereocenters. The van der Waals surface area contributed by atoms with Crippen molar-refractivity contribution in [1.82, 2.24) is 0 Å². The van der Waals surface area contributed by atoms with E-state index in [4.69, 9.17) is 37.0 Å². The van der Waals surface area contributed by atoms with Crippen molar-refractivity contribution in [2.24, 2.45) is 23.7 Å². The monoisotopic (exact) mass is 1370 g/mol. The van der Waals surface area contributed by atoms with Gasteiger partial charge < -0.3 is 33.8 Å². The van der Waals surface area contributed by atoms with Crippen molar-refractivity contribution in [3.05, 3.63) is 0 Å². The van der Waals surface area contributed by atoms with Crippen LogP contribution in [0, 0.1) is 23.7 Å². The fourth-order valence-corrected chi connectivity index (χ4v) is 12.8. The third kappa shape index (κ3) is 68.4. The lowest BCUT2D eigenvalue weighted by Gasteiger charge is -2.21. The first-order valence-corrected chi connectivity index (χ1v) is 41.2. The number of ether oxygens (including phenoxy) is 4. The molecule has 0 aromatic heterocycles. The topological polar surface area (TPSA) is 237 Å². The molecule has 552 valence electrons. The lowest BCUT2D eigenvalue weighted by Crippen LogP contribution is -2.30. The molecule has 93 heavy (non-hydrogen) atoms. The minimum atomic E-state index is -4.96. The van der Waals surface area contributed by atoms with Gasteiger partial charge in [-0.1, -0.05) is 319 Å². The third-order valence-electron chi connectivity index (χ3n) is 17.1. The Kier molecular flexibility index (Phi) is 62.2. The quantitative estimate of drug-likeness (QED) is 0.0222. The Bertz CT molecular complexity index is 1830. The summed E-state index contributed by atoms with van der Waals surface area (Å²) in [5.74, 6) is 0.823. The number of hydrogen-bond acceptors (Lipinski definition) is 15. The van der Waals surface area contributed by atoms with E-state index >= 15 is 0 Å². The zero-order valence-electron chi connectivity index (χ0n) is 60.9. The predicted molar refractivity (Wildman–Crippen MR) is 377 cm³/mol. The van der Waals surface area contributed by atoms with E-state index in [0.29, 0.717) is 37.5 Å². The smallest absolute Gasteiger partial charge is 0.462 e. The highest BCUT2D eigenvalue weighted by Crippen LogP contribution is 2.45. The Morgan fingerprint density at radius 2 is 0.452 bits per heavy atom. The molecule has 0 aliphatic rings. The maximum atomic E-state index is 13.1. The lowest BCUT2D eigenvalue weighted by molar-refractivity contribution is -0.161. The van der Waals surface area contributed by atoms with Crippen LogP contribution in [0.4, 0.5) is 0 Å². The van der Waals surface area contributed by atoms with Crippen LogP contribution in [0.3, 0.4) is 0 Å². The number of unbranched alkanes of at least 4 members (excludes halogenated alkanes) is 37. The maximum Gasteiger partial charge on any atom is 0.472 e. The normalized spacial score (nSPS) is 14.2. The molecule has 0 spiro atoms. The van der Waals surface area contributed by atoms with E-state index in [1.165, 1.54) is 167 Å². The van der Waals surface area contributed by atoms with Crippen molar-refractivity contribution in [1.29, 1.82) is 0 Å². The molecule has 0 rings (SSSR count). The summed E-state index contributed by atoms with van der Waals surface area (Å²) in [7, 11) is -9.91. The van der Waals surface area contributed by atoms with Crippen molar-refractivity contribution in [2.75, 3.05) is 39.6 Å². The Labute approximate surface area is 568 Å². The minimum Gasteiger partial charge on any atom is -0.462 e. The van der Waals surface area contributed by atoms with E-state index in [-0.39, 0.29) is 25.7 Å². The van der Waals surface area contributed by atoms with E-state index in [2.05, 4.69) is 55.4 Å². The van der Waals surface area contributed by atoms with Crippen LogP contribution >= 0.6 is 15.6 Å². The van der Waals surface area contributed by atoms with E-state index in [0.717, 1.165) is 108 Å². The van der Waals surface area contributed by atoms with Gasteiger partial charge in [0.1, 0.15) is 19.3 Å². The molecule has 5 atom stereocenters. The first kappa shape index (κ1) is 91.1.